The molecule has 1 aromatic heterocycles. The van der Waals surface area contributed by atoms with Crippen LogP contribution >= 0.6 is 11.8 Å². The summed E-state index contributed by atoms with van der Waals surface area (Å²) in [7, 11) is 1.58. The Bertz CT molecular complexity index is 597. The van der Waals surface area contributed by atoms with E-state index in [2.05, 4.69) is 17.3 Å². The van der Waals surface area contributed by atoms with E-state index in [1.54, 1.807) is 14.0 Å². The van der Waals surface area contributed by atoms with Gasteiger partial charge in [-0.25, -0.2) is 4.68 Å². The second-order valence-corrected chi connectivity index (χ2v) is 7.15. The lowest BCUT2D eigenvalue weighted by molar-refractivity contribution is 0.0934. The Hall–Kier alpha value is -1.30. The SMILES string of the molecule is CCS[C@@H]1CC[C@H](NC(=O)c2c(C)c(C)nn(C)c2=O)C1. The molecule has 21 heavy (non-hydrogen) atoms. The highest BCUT2D eigenvalue weighted by molar-refractivity contribution is 7.99. The fraction of sp³-hybridized carbons (Fsp3) is 0.667. The Kier molecular flexibility index (Phi) is 5.08. The van der Waals surface area contributed by atoms with E-state index in [0.717, 1.165) is 25.0 Å². The lowest BCUT2D eigenvalue weighted by atomic mass is 10.1. The molecule has 0 saturated heterocycles. The Morgan fingerprint density at radius 2 is 2.14 bits per heavy atom. The van der Waals surface area contributed by atoms with Crippen LogP contribution in [0.5, 0.6) is 0 Å². The molecule has 0 bridgehead atoms. The van der Waals surface area contributed by atoms with E-state index in [1.807, 2.05) is 18.7 Å². The van der Waals surface area contributed by atoms with Crippen LogP contribution in [0, 0.1) is 13.8 Å². The first-order valence-electron chi connectivity index (χ1n) is 7.41. The summed E-state index contributed by atoms with van der Waals surface area (Å²) in [5.74, 6) is 0.847. The number of carbonyl (C=O) groups excluding carboxylic acids is 1. The molecule has 5 nitrogen and oxygen atoms in total. The van der Waals surface area contributed by atoms with E-state index in [1.165, 1.54) is 4.68 Å². The molecule has 1 saturated carbocycles. The van der Waals surface area contributed by atoms with Crippen molar-refractivity contribution in [2.75, 3.05) is 5.75 Å². The van der Waals surface area contributed by atoms with Crippen molar-refractivity contribution in [2.45, 2.75) is 51.3 Å². The van der Waals surface area contributed by atoms with E-state index in [-0.39, 0.29) is 23.1 Å². The van der Waals surface area contributed by atoms with Gasteiger partial charge in [-0.1, -0.05) is 6.92 Å². The van der Waals surface area contributed by atoms with E-state index in [0.29, 0.717) is 16.5 Å². The zero-order valence-electron chi connectivity index (χ0n) is 13.1. The number of carbonyl (C=O) groups is 1. The van der Waals surface area contributed by atoms with E-state index < -0.39 is 0 Å². The maximum atomic E-state index is 12.5. The Morgan fingerprint density at radius 1 is 1.43 bits per heavy atom. The average Bonchev–Trinajstić information content (AvgIpc) is 2.84. The van der Waals surface area contributed by atoms with Gasteiger partial charge >= 0.3 is 0 Å². The van der Waals surface area contributed by atoms with Crippen molar-refractivity contribution in [1.29, 1.82) is 0 Å². The number of amides is 1. The highest BCUT2D eigenvalue weighted by Gasteiger charge is 2.27. The summed E-state index contributed by atoms with van der Waals surface area (Å²) >= 11 is 1.95. The molecule has 1 fully saturated rings. The van der Waals surface area contributed by atoms with Crippen molar-refractivity contribution >= 4 is 17.7 Å². The quantitative estimate of drug-likeness (QED) is 0.921. The van der Waals surface area contributed by atoms with Crippen LogP contribution in [0.1, 0.15) is 47.8 Å². The summed E-state index contributed by atoms with van der Waals surface area (Å²) < 4.78 is 1.24. The van der Waals surface area contributed by atoms with E-state index >= 15 is 0 Å². The molecule has 0 aliphatic heterocycles. The fourth-order valence-corrected chi connectivity index (χ4v) is 3.97. The standard InChI is InChI=1S/C15H23N3O2S/c1-5-21-12-7-6-11(8-12)16-14(19)13-9(2)10(3)17-18(4)15(13)20/h11-12H,5-8H2,1-4H3,(H,16,19)/t11-,12+/m0/s1. The van der Waals surface area contributed by atoms with Gasteiger partial charge in [0.2, 0.25) is 0 Å². The minimum atomic E-state index is -0.326. The molecule has 1 amide bonds. The maximum absolute atomic E-state index is 12.5. The van der Waals surface area contributed by atoms with Gasteiger partial charge in [0.15, 0.2) is 0 Å². The summed E-state index contributed by atoms with van der Waals surface area (Å²) in [6.45, 7) is 5.75. The van der Waals surface area contributed by atoms with Crippen molar-refractivity contribution in [3.63, 3.8) is 0 Å². The van der Waals surface area contributed by atoms with Crippen molar-refractivity contribution in [2.24, 2.45) is 7.05 Å². The average molecular weight is 309 g/mol. The van der Waals surface area contributed by atoms with Crippen LogP contribution in [0.15, 0.2) is 4.79 Å². The molecule has 1 aliphatic carbocycles. The number of hydrogen-bond acceptors (Lipinski definition) is 4. The number of hydrogen-bond donors (Lipinski definition) is 1. The minimum absolute atomic E-state index is 0.180. The lowest BCUT2D eigenvalue weighted by Crippen LogP contribution is -2.39. The molecule has 6 heteroatoms. The molecule has 0 radical (unpaired) electrons. The second kappa shape index (κ2) is 6.64. The Morgan fingerprint density at radius 3 is 2.81 bits per heavy atom. The number of thioether (sulfide) groups is 1. The van der Waals surface area contributed by atoms with E-state index in [9.17, 15) is 9.59 Å². The first-order chi connectivity index (χ1) is 9.93. The van der Waals surface area contributed by atoms with Gasteiger partial charge in [0.25, 0.3) is 11.5 Å². The Labute approximate surface area is 129 Å². The zero-order valence-corrected chi connectivity index (χ0v) is 13.9. The van der Waals surface area contributed by atoms with Gasteiger partial charge in [-0.05, 0) is 44.4 Å². The lowest BCUT2D eigenvalue weighted by Gasteiger charge is -2.15. The predicted octanol–water partition coefficient (Wildman–Crippen LogP) is 1.80. The van der Waals surface area contributed by atoms with Crippen molar-refractivity contribution < 1.29 is 4.79 Å². The number of nitrogens with zero attached hydrogens (tertiary/aromatic N) is 2. The topological polar surface area (TPSA) is 64.0 Å². The van der Waals surface area contributed by atoms with Crippen LogP contribution in [-0.2, 0) is 7.05 Å². The van der Waals surface area contributed by atoms with Crippen molar-refractivity contribution in [1.82, 2.24) is 15.1 Å². The molecule has 0 unspecified atom stereocenters. The van der Waals surface area contributed by atoms with Gasteiger partial charge in [-0.15, -0.1) is 0 Å². The highest BCUT2D eigenvalue weighted by Crippen LogP contribution is 2.29. The number of rotatable bonds is 4. The van der Waals surface area contributed by atoms with Crippen LogP contribution in [0.3, 0.4) is 0 Å². The third kappa shape index (κ3) is 3.48. The van der Waals surface area contributed by atoms with Crippen molar-refractivity contribution in [3.8, 4) is 0 Å². The van der Waals surface area contributed by atoms with Gasteiger partial charge in [-0.2, -0.15) is 16.9 Å². The highest BCUT2D eigenvalue weighted by atomic mass is 32.2. The smallest absolute Gasteiger partial charge is 0.279 e. The molecule has 2 rings (SSSR count). The molecule has 1 aliphatic rings. The summed E-state index contributed by atoms with van der Waals surface area (Å²) in [5.41, 5.74) is 1.30. The molecule has 1 heterocycles. The summed E-state index contributed by atoms with van der Waals surface area (Å²) in [4.78, 5) is 24.6. The second-order valence-electron chi connectivity index (χ2n) is 5.57. The molecule has 0 aromatic carbocycles. The monoisotopic (exact) mass is 309 g/mol. The van der Waals surface area contributed by atoms with Gasteiger partial charge in [0.1, 0.15) is 5.56 Å². The van der Waals surface area contributed by atoms with Crippen LogP contribution in [0.2, 0.25) is 0 Å². The number of nitrogens with one attached hydrogen (secondary N) is 1. The fourth-order valence-electron chi connectivity index (χ4n) is 2.83. The molecule has 116 valence electrons. The van der Waals surface area contributed by atoms with Gasteiger partial charge in [-0.3, -0.25) is 9.59 Å². The third-order valence-corrected chi connectivity index (χ3v) is 5.31. The molecular weight excluding hydrogens is 286 g/mol. The largest absolute Gasteiger partial charge is 0.349 e. The molecule has 1 aromatic rings. The third-order valence-electron chi connectivity index (χ3n) is 4.07. The molecule has 1 N–H and O–H groups in total. The maximum Gasteiger partial charge on any atom is 0.279 e. The minimum Gasteiger partial charge on any atom is -0.349 e. The van der Waals surface area contributed by atoms with Crippen LogP contribution < -0.4 is 10.9 Å². The number of aromatic nitrogens is 2. The van der Waals surface area contributed by atoms with Crippen LogP contribution in [0.4, 0.5) is 0 Å². The summed E-state index contributed by atoms with van der Waals surface area (Å²) in [6, 6.07) is 0.180. The van der Waals surface area contributed by atoms with Gasteiger partial charge in [0, 0.05) is 18.3 Å². The normalized spacial score (nSPS) is 21.5. The summed E-state index contributed by atoms with van der Waals surface area (Å²) in [6.07, 6.45) is 3.12. The van der Waals surface area contributed by atoms with Crippen LogP contribution in [0.25, 0.3) is 0 Å². The molecule has 0 spiro atoms. The van der Waals surface area contributed by atoms with Crippen molar-refractivity contribution in [3.05, 3.63) is 27.2 Å². The number of aryl methyl sites for hydroxylation is 2. The predicted molar refractivity (Wildman–Crippen MR) is 86.0 cm³/mol. The molecular formula is C15H23N3O2S. The zero-order chi connectivity index (χ0) is 15.6. The van der Waals surface area contributed by atoms with Gasteiger partial charge in [0.05, 0.1) is 5.69 Å². The first kappa shape index (κ1) is 16.1. The van der Waals surface area contributed by atoms with E-state index in [4.69, 9.17) is 0 Å². The Balaban J connectivity index is 2.13. The first-order valence-corrected chi connectivity index (χ1v) is 8.45. The molecule has 2 atom stereocenters. The summed E-state index contributed by atoms with van der Waals surface area (Å²) in [5, 5.41) is 7.76. The van der Waals surface area contributed by atoms with Crippen LogP contribution in [-0.4, -0.2) is 32.7 Å². The van der Waals surface area contributed by atoms with Gasteiger partial charge < -0.3 is 5.32 Å².